The van der Waals surface area contributed by atoms with Gasteiger partial charge in [0.05, 0.1) is 7.11 Å². The van der Waals surface area contributed by atoms with E-state index >= 15 is 0 Å². The minimum Gasteiger partial charge on any atom is -0.497 e. The predicted molar refractivity (Wildman–Crippen MR) is 100 cm³/mol. The second-order valence-corrected chi connectivity index (χ2v) is 5.99. The lowest BCUT2D eigenvalue weighted by Gasteiger charge is -2.27. The molecule has 6 nitrogen and oxygen atoms in total. The van der Waals surface area contributed by atoms with E-state index in [4.69, 9.17) is 17.0 Å². The second kappa shape index (κ2) is 6.52. The van der Waals surface area contributed by atoms with Crippen molar-refractivity contribution < 1.29 is 14.3 Å². The summed E-state index contributed by atoms with van der Waals surface area (Å²) in [6, 6.07) is 5.67. The Hall–Kier alpha value is -2.93. The molecular formula is C18H17N3O3S. The van der Waals surface area contributed by atoms with E-state index in [1.165, 1.54) is 4.90 Å². The maximum absolute atomic E-state index is 12.6. The van der Waals surface area contributed by atoms with Crippen molar-refractivity contribution in [2.45, 2.75) is 0 Å². The van der Waals surface area contributed by atoms with Crippen molar-refractivity contribution in [2.75, 3.05) is 13.7 Å². The normalized spacial score (nSPS) is 16.5. The number of rotatable bonds is 4. The van der Waals surface area contributed by atoms with Crippen molar-refractivity contribution in [3.05, 3.63) is 48.2 Å². The number of nitrogens with zero attached hydrogens (tertiary/aromatic N) is 2. The Morgan fingerprint density at radius 1 is 1.36 bits per heavy atom. The van der Waals surface area contributed by atoms with Gasteiger partial charge in [0.15, 0.2) is 5.11 Å². The highest BCUT2D eigenvalue weighted by atomic mass is 32.1. The molecule has 1 saturated heterocycles. The average molecular weight is 355 g/mol. The van der Waals surface area contributed by atoms with Crippen LogP contribution in [-0.4, -0.2) is 40.0 Å². The largest absolute Gasteiger partial charge is 0.497 e. The van der Waals surface area contributed by atoms with Gasteiger partial charge in [-0.2, -0.15) is 0 Å². The van der Waals surface area contributed by atoms with Crippen molar-refractivity contribution >= 4 is 46.1 Å². The van der Waals surface area contributed by atoms with Crippen LogP contribution >= 0.6 is 12.2 Å². The highest BCUT2D eigenvalue weighted by Gasteiger charge is 2.32. The van der Waals surface area contributed by atoms with Crippen LogP contribution < -0.4 is 10.1 Å². The fourth-order valence-electron chi connectivity index (χ4n) is 2.79. The van der Waals surface area contributed by atoms with Crippen LogP contribution in [0.25, 0.3) is 17.0 Å². The maximum Gasteiger partial charge on any atom is 0.265 e. The van der Waals surface area contributed by atoms with Crippen molar-refractivity contribution in [1.29, 1.82) is 0 Å². The number of benzene rings is 1. The zero-order valence-electron chi connectivity index (χ0n) is 13.9. The first-order valence-electron chi connectivity index (χ1n) is 7.59. The van der Waals surface area contributed by atoms with Crippen molar-refractivity contribution in [3.63, 3.8) is 0 Å². The Morgan fingerprint density at radius 3 is 2.80 bits per heavy atom. The molecule has 0 atom stereocenters. The summed E-state index contributed by atoms with van der Waals surface area (Å²) in [4.78, 5) is 26.2. The molecule has 1 aliphatic rings. The van der Waals surface area contributed by atoms with Gasteiger partial charge < -0.3 is 9.30 Å². The molecule has 7 heteroatoms. The molecule has 2 heterocycles. The van der Waals surface area contributed by atoms with Gasteiger partial charge in [0, 0.05) is 36.3 Å². The Morgan fingerprint density at radius 2 is 2.12 bits per heavy atom. The van der Waals surface area contributed by atoms with Gasteiger partial charge in [-0.05, 0) is 36.5 Å². The van der Waals surface area contributed by atoms with Gasteiger partial charge in [0.25, 0.3) is 11.8 Å². The SMILES string of the molecule is C=CCN1C(=O)/C(=C\c2cn(C)c3ccc(OC)cc23)C(=O)NC1=S. The summed E-state index contributed by atoms with van der Waals surface area (Å²) in [6.45, 7) is 3.85. The molecule has 128 valence electrons. The van der Waals surface area contributed by atoms with E-state index in [9.17, 15) is 9.59 Å². The van der Waals surface area contributed by atoms with E-state index in [0.717, 1.165) is 16.5 Å². The summed E-state index contributed by atoms with van der Waals surface area (Å²) in [6.07, 6.45) is 5.00. The lowest BCUT2D eigenvalue weighted by molar-refractivity contribution is -0.128. The van der Waals surface area contributed by atoms with Gasteiger partial charge in [-0.25, -0.2) is 0 Å². The molecule has 0 saturated carbocycles. The topological polar surface area (TPSA) is 63.6 Å². The van der Waals surface area contributed by atoms with E-state index in [1.54, 1.807) is 19.3 Å². The molecular weight excluding hydrogens is 338 g/mol. The number of amides is 2. The van der Waals surface area contributed by atoms with Crippen LogP contribution in [0.1, 0.15) is 5.56 Å². The van der Waals surface area contributed by atoms with E-state index in [2.05, 4.69) is 11.9 Å². The Kier molecular flexibility index (Phi) is 4.41. The fourth-order valence-corrected chi connectivity index (χ4v) is 3.04. The minimum absolute atomic E-state index is 0.0331. The van der Waals surface area contributed by atoms with Gasteiger partial charge in [-0.3, -0.25) is 19.8 Å². The minimum atomic E-state index is -0.504. The number of carbonyl (C=O) groups is 2. The van der Waals surface area contributed by atoms with Crippen LogP contribution in [-0.2, 0) is 16.6 Å². The van der Waals surface area contributed by atoms with E-state index in [-0.39, 0.29) is 17.2 Å². The number of methoxy groups -OCH3 is 1. The molecule has 1 N–H and O–H groups in total. The average Bonchev–Trinajstić information content (AvgIpc) is 2.90. The van der Waals surface area contributed by atoms with Gasteiger partial charge in [-0.15, -0.1) is 6.58 Å². The zero-order chi connectivity index (χ0) is 18.1. The third-order valence-electron chi connectivity index (χ3n) is 4.02. The first-order valence-corrected chi connectivity index (χ1v) is 8.00. The van der Waals surface area contributed by atoms with Gasteiger partial charge in [-0.1, -0.05) is 6.08 Å². The molecule has 0 spiro atoms. The fraction of sp³-hybridized carbons (Fsp3) is 0.167. The number of aryl methyl sites for hydroxylation is 1. The first-order chi connectivity index (χ1) is 12.0. The lowest BCUT2D eigenvalue weighted by Crippen LogP contribution is -2.53. The molecule has 1 aliphatic heterocycles. The summed E-state index contributed by atoms with van der Waals surface area (Å²) in [7, 11) is 3.49. The number of carbonyl (C=O) groups excluding carboxylic acids is 2. The molecule has 1 fully saturated rings. The molecule has 0 unspecified atom stereocenters. The molecule has 1 aromatic heterocycles. The monoisotopic (exact) mass is 355 g/mol. The lowest BCUT2D eigenvalue weighted by atomic mass is 10.1. The van der Waals surface area contributed by atoms with Crippen molar-refractivity contribution in [3.8, 4) is 5.75 Å². The van der Waals surface area contributed by atoms with Crippen molar-refractivity contribution in [1.82, 2.24) is 14.8 Å². The quantitative estimate of drug-likeness (QED) is 0.394. The molecule has 1 aromatic carbocycles. The molecule has 2 amide bonds. The summed E-state index contributed by atoms with van der Waals surface area (Å²) in [5.41, 5.74) is 1.75. The first kappa shape index (κ1) is 16.9. The molecule has 3 rings (SSSR count). The number of hydrogen-bond acceptors (Lipinski definition) is 4. The Balaban J connectivity index is 2.11. The molecule has 0 radical (unpaired) electrons. The molecule has 2 aromatic rings. The van der Waals surface area contributed by atoms with Crippen LogP contribution in [0.3, 0.4) is 0 Å². The third kappa shape index (κ3) is 2.94. The number of nitrogens with one attached hydrogen (secondary N) is 1. The zero-order valence-corrected chi connectivity index (χ0v) is 14.7. The molecule has 25 heavy (non-hydrogen) atoms. The number of fused-ring (bicyclic) bond motifs is 1. The molecule has 0 bridgehead atoms. The Labute approximate surface area is 150 Å². The highest BCUT2D eigenvalue weighted by molar-refractivity contribution is 7.80. The van der Waals surface area contributed by atoms with Gasteiger partial charge >= 0.3 is 0 Å². The molecule has 0 aliphatic carbocycles. The van der Waals surface area contributed by atoms with Gasteiger partial charge in [0.2, 0.25) is 0 Å². The van der Waals surface area contributed by atoms with E-state index in [0.29, 0.717) is 5.75 Å². The highest BCUT2D eigenvalue weighted by Crippen LogP contribution is 2.27. The smallest absolute Gasteiger partial charge is 0.265 e. The standard InChI is InChI=1S/C18H17N3O3S/c1-4-7-21-17(23)14(16(22)19-18(21)25)8-11-10-20(2)15-6-5-12(24-3)9-13(11)15/h4-6,8-10H,1,7H2,2-3H3,(H,19,22,25)/b14-8-. The van der Waals surface area contributed by atoms with Crippen molar-refractivity contribution in [2.24, 2.45) is 7.05 Å². The van der Waals surface area contributed by atoms with E-state index in [1.807, 2.05) is 36.0 Å². The van der Waals surface area contributed by atoms with Crippen LogP contribution in [0.15, 0.2) is 42.6 Å². The number of hydrogen-bond donors (Lipinski definition) is 1. The van der Waals surface area contributed by atoms with Gasteiger partial charge in [0.1, 0.15) is 11.3 Å². The summed E-state index contributed by atoms with van der Waals surface area (Å²) in [5.74, 6) is -0.240. The third-order valence-corrected chi connectivity index (χ3v) is 4.35. The van der Waals surface area contributed by atoms with Crippen LogP contribution in [0.4, 0.5) is 0 Å². The van der Waals surface area contributed by atoms with E-state index < -0.39 is 11.8 Å². The second-order valence-electron chi connectivity index (χ2n) is 5.60. The summed E-state index contributed by atoms with van der Waals surface area (Å²) < 4.78 is 7.20. The predicted octanol–water partition coefficient (Wildman–Crippen LogP) is 2.00. The van der Waals surface area contributed by atoms with Crippen LogP contribution in [0.5, 0.6) is 5.75 Å². The summed E-state index contributed by atoms with van der Waals surface area (Å²) in [5, 5.41) is 3.52. The number of aromatic nitrogens is 1. The Bertz CT molecular complexity index is 942. The van der Waals surface area contributed by atoms with Crippen LogP contribution in [0.2, 0.25) is 0 Å². The van der Waals surface area contributed by atoms with Crippen LogP contribution in [0, 0.1) is 0 Å². The number of ether oxygens (including phenoxy) is 1. The maximum atomic E-state index is 12.6. The number of thiocarbonyl (C=S) groups is 1. The summed E-state index contributed by atoms with van der Waals surface area (Å²) >= 11 is 5.06.